The van der Waals surface area contributed by atoms with Crippen LogP contribution in [-0.4, -0.2) is 53.9 Å². The van der Waals surface area contributed by atoms with Gasteiger partial charge in [0.05, 0.1) is 26.4 Å². The second-order valence-electron chi connectivity index (χ2n) is 8.53. The van der Waals surface area contributed by atoms with Crippen molar-refractivity contribution in [1.29, 1.82) is 0 Å². The van der Waals surface area contributed by atoms with Crippen molar-refractivity contribution in [3.63, 3.8) is 0 Å². The SMILES string of the molecule is COc1nc(OCCOC(C)(C)C)nc(OC)c1NC(=O)c1csc(Oc2cc(C)ccc2C)n1. The number of hydrogen-bond donors (Lipinski definition) is 1. The minimum atomic E-state index is -0.496. The summed E-state index contributed by atoms with van der Waals surface area (Å²) in [5, 5.41) is 4.65. The van der Waals surface area contributed by atoms with E-state index in [0.717, 1.165) is 11.1 Å². The predicted octanol–water partition coefficient (Wildman–Crippen LogP) is 4.81. The number of rotatable bonds is 10. The van der Waals surface area contributed by atoms with E-state index in [2.05, 4.69) is 20.3 Å². The first-order chi connectivity index (χ1) is 16.6. The van der Waals surface area contributed by atoms with Gasteiger partial charge in [0.2, 0.25) is 11.8 Å². The third-order valence-electron chi connectivity index (χ3n) is 4.55. The van der Waals surface area contributed by atoms with Crippen molar-refractivity contribution in [2.24, 2.45) is 0 Å². The highest BCUT2D eigenvalue weighted by molar-refractivity contribution is 7.11. The molecule has 1 aromatic carbocycles. The highest BCUT2D eigenvalue weighted by atomic mass is 32.1. The second kappa shape index (κ2) is 11.3. The molecular formula is C24H30N4O6S. The van der Waals surface area contributed by atoms with Gasteiger partial charge in [-0.1, -0.05) is 23.5 Å². The average molecular weight is 503 g/mol. The van der Waals surface area contributed by atoms with Crippen LogP contribution < -0.4 is 24.3 Å². The smallest absolute Gasteiger partial charge is 0.323 e. The summed E-state index contributed by atoms with van der Waals surface area (Å²) < 4.78 is 27.7. The van der Waals surface area contributed by atoms with E-state index in [1.54, 1.807) is 5.38 Å². The highest BCUT2D eigenvalue weighted by Crippen LogP contribution is 2.34. The molecule has 11 heteroatoms. The average Bonchev–Trinajstić information content (AvgIpc) is 3.27. The summed E-state index contributed by atoms with van der Waals surface area (Å²) in [6.07, 6.45) is 0. The number of carbonyl (C=O) groups excluding carboxylic acids is 1. The molecule has 1 amide bonds. The van der Waals surface area contributed by atoms with Gasteiger partial charge in [-0.3, -0.25) is 4.79 Å². The summed E-state index contributed by atoms with van der Waals surface area (Å²) in [7, 11) is 2.84. The van der Waals surface area contributed by atoms with Gasteiger partial charge in [0.1, 0.15) is 18.1 Å². The minimum absolute atomic E-state index is 0.0343. The number of ether oxygens (including phenoxy) is 5. The van der Waals surface area contributed by atoms with Crippen molar-refractivity contribution in [3.8, 4) is 28.7 Å². The molecule has 0 aliphatic heterocycles. The highest BCUT2D eigenvalue weighted by Gasteiger charge is 2.22. The second-order valence-corrected chi connectivity index (χ2v) is 9.35. The van der Waals surface area contributed by atoms with Gasteiger partial charge in [-0.15, -0.1) is 0 Å². The van der Waals surface area contributed by atoms with Crippen LogP contribution in [0.2, 0.25) is 0 Å². The summed E-state index contributed by atoms with van der Waals surface area (Å²) in [5.74, 6) is 0.356. The number of nitrogens with one attached hydrogen (secondary N) is 1. The van der Waals surface area contributed by atoms with E-state index in [1.807, 2.05) is 52.8 Å². The van der Waals surface area contributed by atoms with Crippen molar-refractivity contribution in [1.82, 2.24) is 15.0 Å². The lowest BCUT2D eigenvalue weighted by Crippen LogP contribution is -2.23. The molecule has 0 radical (unpaired) electrons. The number of amides is 1. The van der Waals surface area contributed by atoms with Gasteiger partial charge in [0.25, 0.3) is 11.1 Å². The van der Waals surface area contributed by atoms with Crippen molar-refractivity contribution in [2.75, 3.05) is 32.8 Å². The summed E-state index contributed by atoms with van der Waals surface area (Å²) in [6.45, 7) is 10.4. The fourth-order valence-corrected chi connectivity index (χ4v) is 3.51. The molecule has 0 bridgehead atoms. The maximum Gasteiger partial charge on any atom is 0.323 e. The Morgan fingerprint density at radius 2 is 1.71 bits per heavy atom. The van der Waals surface area contributed by atoms with E-state index in [-0.39, 0.29) is 41.4 Å². The van der Waals surface area contributed by atoms with Crippen LogP contribution in [0.15, 0.2) is 23.6 Å². The first-order valence-electron chi connectivity index (χ1n) is 10.9. The van der Waals surface area contributed by atoms with Crippen LogP contribution in [0, 0.1) is 13.8 Å². The summed E-state index contributed by atoms with van der Waals surface area (Å²) in [4.78, 5) is 25.6. The molecule has 35 heavy (non-hydrogen) atoms. The molecule has 10 nitrogen and oxygen atoms in total. The van der Waals surface area contributed by atoms with Gasteiger partial charge in [-0.05, 0) is 51.8 Å². The largest absolute Gasteiger partial charge is 0.479 e. The molecule has 3 rings (SSSR count). The number of aromatic nitrogens is 3. The number of nitrogens with zero attached hydrogens (tertiary/aromatic N) is 3. The Bertz CT molecular complexity index is 1150. The number of thiazole rings is 1. The van der Waals surface area contributed by atoms with E-state index in [9.17, 15) is 4.79 Å². The Hall–Kier alpha value is -3.44. The fraction of sp³-hybridized carbons (Fsp3) is 0.417. The van der Waals surface area contributed by atoms with Crippen LogP contribution in [0.3, 0.4) is 0 Å². The first-order valence-corrected chi connectivity index (χ1v) is 11.8. The molecule has 0 saturated carbocycles. The number of methoxy groups -OCH3 is 2. The van der Waals surface area contributed by atoms with Crippen molar-refractivity contribution in [3.05, 3.63) is 40.4 Å². The van der Waals surface area contributed by atoms with Crippen molar-refractivity contribution < 1.29 is 28.5 Å². The Kier molecular flexibility index (Phi) is 8.47. The molecule has 1 N–H and O–H groups in total. The van der Waals surface area contributed by atoms with Gasteiger partial charge < -0.3 is 29.0 Å². The van der Waals surface area contributed by atoms with E-state index in [0.29, 0.717) is 17.6 Å². The Morgan fingerprint density at radius 1 is 1.03 bits per heavy atom. The lowest BCUT2D eigenvalue weighted by Gasteiger charge is -2.19. The predicted molar refractivity (Wildman–Crippen MR) is 132 cm³/mol. The Labute approximate surface area is 208 Å². The van der Waals surface area contributed by atoms with E-state index in [1.165, 1.54) is 25.6 Å². The standard InChI is InChI=1S/C24H30N4O6S/c1-14-8-9-15(2)17(12-14)34-23-25-16(13-35-23)19(29)26-18-20(30-6)27-22(28-21(18)31-7)32-10-11-33-24(3,4)5/h8-9,12-13H,10-11H2,1-7H3,(H,26,29). The number of anilines is 1. The molecular weight excluding hydrogens is 472 g/mol. The molecule has 0 atom stereocenters. The molecule has 0 aliphatic rings. The molecule has 0 aliphatic carbocycles. The summed E-state index contributed by atoms with van der Waals surface area (Å²) in [5.41, 5.74) is 2.07. The van der Waals surface area contributed by atoms with Crippen LogP contribution in [0.1, 0.15) is 42.4 Å². The number of carbonyl (C=O) groups is 1. The number of aryl methyl sites for hydroxylation is 2. The van der Waals surface area contributed by atoms with Gasteiger partial charge in [0.15, 0.2) is 5.69 Å². The number of benzene rings is 1. The van der Waals surface area contributed by atoms with E-state index < -0.39 is 5.91 Å². The monoisotopic (exact) mass is 502 g/mol. The maximum atomic E-state index is 12.9. The van der Waals surface area contributed by atoms with E-state index >= 15 is 0 Å². The molecule has 2 heterocycles. The normalized spacial score (nSPS) is 11.2. The zero-order chi connectivity index (χ0) is 25.6. The van der Waals surface area contributed by atoms with Crippen LogP contribution >= 0.6 is 11.3 Å². The van der Waals surface area contributed by atoms with Crippen LogP contribution in [-0.2, 0) is 4.74 Å². The van der Waals surface area contributed by atoms with Crippen LogP contribution in [0.5, 0.6) is 28.7 Å². The van der Waals surface area contributed by atoms with Crippen LogP contribution in [0.25, 0.3) is 0 Å². The Balaban J connectivity index is 1.72. The summed E-state index contributed by atoms with van der Waals surface area (Å²) >= 11 is 1.21. The third kappa shape index (κ3) is 7.27. The van der Waals surface area contributed by atoms with E-state index in [4.69, 9.17) is 23.7 Å². The van der Waals surface area contributed by atoms with Crippen molar-refractivity contribution in [2.45, 2.75) is 40.2 Å². The third-order valence-corrected chi connectivity index (χ3v) is 5.27. The Morgan fingerprint density at radius 3 is 2.34 bits per heavy atom. The molecule has 0 spiro atoms. The topological polar surface area (TPSA) is 114 Å². The van der Waals surface area contributed by atoms with Gasteiger partial charge in [-0.2, -0.15) is 15.0 Å². The molecule has 0 fully saturated rings. The lowest BCUT2D eigenvalue weighted by molar-refractivity contribution is -0.0174. The zero-order valence-corrected chi connectivity index (χ0v) is 21.7. The zero-order valence-electron chi connectivity index (χ0n) is 20.9. The lowest BCUT2D eigenvalue weighted by atomic mass is 10.1. The molecule has 3 aromatic rings. The van der Waals surface area contributed by atoms with Crippen LogP contribution in [0.4, 0.5) is 5.69 Å². The number of hydrogen-bond acceptors (Lipinski definition) is 10. The molecule has 188 valence electrons. The molecule has 0 saturated heterocycles. The fourth-order valence-electron chi connectivity index (χ4n) is 2.85. The molecule has 0 unspecified atom stereocenters. The maximum absolute atomic E-state index is 12.9. The minimum Gasteiger partial charge on any atom is -0.479 e. The van der Waals surface area contributed by atoms with Crippen molar-refractivity contribution >= 4 is 22.9 Å². The quantitative estimate of drug-likeness (QED) is 0.390. The summed E-state index contributed by atoms with van der Waals surface area (Å²) in [6, 6.07) is 5.92. The molecule has 2 aromatic heterocycles. The van der Waals surface area contributed by atoms with Gasteiger partial charge in [-0.25, -0.2) is 0 Å². The van der Waals surface area contributed by atoms with Gasteiger partial charge in [0, 0.05) is 5.38 Å². The first kappa shape index (κ1) is 26.2. The van der Waals surface area contributed by atoms with Gasteiger partial charge >= 0.3 is 6.01 Å².